The van der Waals surface area contributed by atoms with E-state index in [1.54, 1.807) is 12.1 Å². The SMILES string of the molecule is Cc1ccc(NC(=O)CN(C)C(=O)[C@H](C)OC(=O)c2cc(C)n(C3CC3)c2C)cc1. The smallest absolute Gasteiger partial charge is 0.340 e. The Morgan fingerprint density at radius 2 is 1.80 bits per heavy atom. The van der Waals surface area contributed by atoms with Gasteiger partial charge in [-0.05, 0) is 58.7 Å². The van der Waals surface area contributed by atoms with E-state index >= 15 is 0 Å². The number of esters is 1. The van der Waals surface area contributed by atoms with Crippen LogP contribution in [0.1, 0.15) is 53.1 Å². The number of nitrogens with zero attached hydrogens (tertiary/aromatic N) is 2. The molecule has 1 aromatic heterocycles. The van der Waals surface area contributed by atoms with E-state index in [4.69, 9.17) is 4.74 Å². The summed E-state index contributed by atoms with van der Waals surface area (Å²) >= 11 is 0. The Balaban J connectivity index is 1.55. The van der Waals surface area contributed by atoms with Gasteiger partial charge in [0.1, 0.15) is 0 Å². The van der Waals surface area contributed by atoms with Crippen molar-refractivity contribution in [3.05, 3.63) is 52.8 Å². The fourth-order valence-electron chi connectivity index (χ4n) is 3.59. The van der Waals surface area contributed by atoms with Gasteiger partial charge in [0.2, 0.25) is 5.91 Å². The molecule has 30 heavy (non-hydrogen) atoms. The van der Waals surface area contributed by atoms with Gasteiger partial charge in [0.05, 0.1) is 12.1 Å². The zero-order valence-electron chi connectivity index (χ0n) is 18.2. The summed E-state index contributed by atoms with van der Waals surface area (Å²) in [4.78, 5) is 38.7. The largest absolute Gasteiger partial charge is 0.449 e. The summed E-state index contributed by atoms with van der Waals surface area (Å²) < 4.78 is 7.56. The number of likely N-dealkylation sites (N-methyl/N-ethyl adjacent to an activating group) is 1. The predicted octanol–water partition coefficient (Wildman–Crippen LogP) is 3.39. The number of hydrogen-bond acceptors (Lipinski definition) is 4. The first-order valence-corrected chi connectivity index (χ1v) is 10.2. The van der Waals surface area contributed by atoms with E-state index < -0.39 is 18.0 Å². The van der Waals surface area contributed by atoms with Crippen LogP contribution >= 0.6 is 0 Å². The van der Waals surface area contributed by atoms with Gasteiger partial charge in [0.25, 0.3) is 5.91 Å². The number of amides is 2. The molecule has 1 N–H and O–H groups in total. The van der Waals surface area contributed by atoms with Crippen LogP contribution in [0.2, 0.25) is 0 Å². The Morgan fingerprint density at radius 3 is 2.40 bits per heavy atom. The number of aromatic nitrogens is 1. The normalized spacial score (nSPS) is 14.2. The van der Waals surface area contributed by atoms with Crippen molar-refractivity contribution >= 4 is 23.5 Å². The number of carbonyl (C=O) groups is 3. The van der Waals surface area contributed by atoms with Gasteiger partial charge in [-0.25, -0.2) is 4.79 Å². The highest BCUT2D eigenvalue weighted by molar-refractivity contribution is 5.96. The molecular formula is C23H29N3O4. The van der Waals surface area contributed by atoms with Gasteiger partial charge in [0.15, 0.2) is 6.10 Å². The average molecular weight is 412 g/mol. The Bertz CT molecular complexity index is 958. The molecule has 160 valence electrons. The standard InChI is InChI=1S/C23H29N3O4/c1-14-6-8-18(9-7-14)24-21(27)13-25(5)22(28)17(4)30-23(29)20-12-15(2)26(16(20)3)19-10-11-19/h6-9,12,17,19H,10-11,13H2,1-5H3,(H,24,27)/t17-/m0/s1. The fraction of sp³-hybridized carbons (Fsp3) is 0.435. The molecule has 2 aromatic rings. The van der Waals surface area contributed by atoms with Gasteiger partial charge >= 0.3 is 5.97 Å². The molecule has 0 spiro atoms. The summed E-state index contributed by atoms with van der Waals surface area (Å²) in [5.41, 5.74) is 4.13. The van der Waals surface area contributed by atoms with E-state index in [2.05, 4.69) is 9.88 Å². The van der Waals surface area contributed by atoms with Crippen LogP contribution in [0, 0.1) is 20.8 Å². The second kappa shape index (κ2) is 8.73. The van der Waals surface area contributed by atoms with Crippen molar-refractivity contribution in [3.63, 3.8) is 0 Å². The molecule has 7 nitrogen and oxygen atoms in total. The first-order chi connectivity index (χ1) is 14.2. The number of carbonyl (C=O) groups excluding carboxylic acids is 3. The van der Waals surface area contributed by atoms with Crippen molar-refractivity contribution in [2.45, 2.75) is 52.7 Å². The number of benzene rings is 1. The van der Waals surface area contributed by atoms with Crippen LogP contribution in [0.3, 0.4) is 0 Å². The second-order valence-corrected chi connectivity index (χ2v) is 8.04. The summed E-state index contributed by atoms with van der Waals surface area (Å²) in [7, 11) is 1.51. The molecule has 1 heterocycles. The Labute approximate surface area is 177 Å². The molecule has 1 saturated carbocycles. The highest BCUT2D eigenvalue weighted by Crippen LogP contribution is 2.38. The zero-order valence-corrected chi connectivity index (χ0v) is 18.2. The number of nitrogens with one attached hydrogen (secondary N) is 1. The molecule has 1 aromatic carbocycles. The van der Waals surface area contributed by atoms with Crippen LogP contribution in [0.15, 0.2) is 30.3 Å². The topological polar surface area (TPSA) is 80.6 Å². The van der Waals surface area contributed by atoms with Crippen molar-refractivity contribution < 1.29 is 19.1 Å². The molecule has 0 unspecified atom stereocenters. The van der Waals surface area contributed by atoms with Crippen molar-refractivity contribution in [1.29, 1.82) is 0 Å². The van der Waals surface area contributed by atoms with Crippen molar-refractivity contribution in [3.8, 4) is 0 Å². The van der Waals surface area contributed by atoms with Crippen LogP contribution < -0.4 is 5.32 Å². The maximum atomic E-state index is 12.6. The quantitative estimate of drug-likeness (QED) is 0.708. The maximum Gasteiger partial charge on any atom is 0.340 e. The molecule has 0 aliphatic heterocycles. The molecule has 1 aliphatic rings. The summed E-state index contributed by atoms with van der Waals surface area (Å²) in [6, 6.07) is 9.67. The highest BCUT2D eigenvalue weighted by Gasteiger charge is 2.30. The highest BCUT2D eigenvalue weighted by atomic mass is 16.5. The summed E-state index contributed by atoms with van der Waals surface area (Å²) in [6.07, 6.45) is 1.25. The maximum absolute atomic E-state index is 12.6. The lowest BCUT2D eigenvalue weighted by Crippen LogP contribution is -2.41. The molecule has 1 fully saturated rings. The van der Waals surface area contributed by atoms with Crippen LogP contribution in [0.4, 0.5) is 5.69 Å². The summed E-state index contributed by atoms with van der Waals surface area (Å²) in [6.45, 7) is 7.22. The van der Waals surface area contributed by atoms with Crippen LogP contribution in [-0.4, -0.2) is 46.9 Å². The Kier molecular flexibility index (Phi) is 6.29. The number of rotatable bonds is 7. The molecule has 0 radical (unpaired) electrons. The lowest BCUT2D eigenvalue weighted by molar-refractivity contribution is -0.140. The number of hydrogen-bond donors (Lipinski definition) is 1. The minimum absolute atomic E-state index is 0.134. The van der Waals surface area contributed by atoms with E-state index in [-0.39, 0.29) is 12.5 Å². The van der Waals surface area contributed by atoms with E-state index in [1.165, 1.54) is 18.9 Å². The number of anilines is 1. The minimum Gasteiger partial charge on any atom is -0.449 e. The monoisotopic (exact) mass is 411 g/mol. The lowest BCUT2D eigenvalue weighted by Gasteiger charge is -2.21. The second-order valence-electron chi connectivity index (χ2n) is 8.04. The molecule has 2 amide bonds. The first-order valence-electron chi connectivity index (χ1n) is 10.2. The first kappa shape index (κ1) is 21.6. The minimum atomic E-state index is -0.987. The number of aryl methyl sites for hydroxylation is 2. The zero-order chi connectivity index (χ0) is 22.0. The molecule has 0 bridgehead atoms. The van der Waals surface area contributed by atoms with Gasteiger partial charge in [-0.3, -0.25) is 9.59 Å². The molecule has 0 saturated heterocycles. The predicted molar refractivity (Wildman–Crippen MR) is 115 cm³/mol. The van der Waals surface area contributed by atoms with Gasteiger partial charge in [-0.1, -0.05) is 17.7 Å². The van der Waals surface area contributed by atoms with Crippen molar-refractivity contribution in [1.82, 2.24) is 9.47 Å². The van der Waals surface area contributed by atoms with Gasteiger partial charge in [-0.2, -0.15) is 0 Å². The van der Waals surface area contributed by atoms with Crippen LogP contribution in [0.25, 0.3) is 0 Å². The fourth-order valence-corrected chi connectivity index (χ4v) is 3.59. The van der Waals surface area contributed by atoms with Gasteiger partial charge in [-0.15, -0.1) is 0 Å². The summed E-state index contributed by atoms with van der Waals surface area (Å²) in [5.74, 6) is -1.27. The third-order valence-corrected chi connectivity index (χ3v) is 5.34. The molecule has 3 rings (SSSR count). The number of ether oxygens (including phenoxy) is 1. The molecule has 7 heteroatoms. The third-order valence-electron chi connectivity index (χ3n) is 5.34. The van der Waals surface area contributed by atoms with Crippen molar-refractivity contribution in [2.75, 3.05) is 18.9 Å². The third kappa shape index (κ3) is 4.90. The molecular weight excluding hydrogens is 382 g/mol. The van der Waals surface area contributed by atoms with E-state index in [1.807, 2.05) is 39.0 Å². The van der Waals surface area contributed by atoms with Crippen LogP contribution in [0.5, 0.6) is 0 Å². The molecule has 1 atom stereocenters. The van der Waals surface area contributed by atoms with E-state index in [0.29, 0.717) is 17.3 Å². The van der Waals surface area contributed by atoms with Crippen molar-refractivity contribution in [2.24, 2.45) is 0 Å². The van der Waals surface area contributed by atoms with Crippen LogP contribution in [-0.2, 0) is 14.3 Å². The van der Waals surface area contributed by atoms with E-state index in [9.17, 15) is 14.4 Å². The van der Waals surface area contributed by atoms with E-state index in [0.717, 1.165) is 29.8 Å². The Hall–Kier alpha value is -3.09. The van der Waals surface area contributed by atoms with Gasteiger partial charge in [0, 0.05) is 30.2 Å². The van der Waals surface area contributed by atoms with Gasteiger partial charge < -0.3 is 19.5 Å². The molecule has 1 aliphatic carbocycles. The lowest BCUT2D eigenvalue weighted by atomic mass is 10.2. The average Bonchev–Trinajstić information content (AvgIpc) is 3.47. The Morgan fingerprint density at radius 1 is 1.17 bits per heavy atom. The summed E-state index contributed by atoms with van der Waals surface area (Å²) in [5, 5.41) is 2.75.